The minimum Gasteiger partial charge on any atom is -0.497 e. The Hall–Kier alpha value is -2.70. The number of nitrogens with zero attached hydrogens (tertiary/aromatic N) is 3. The largest absolute Gasteiger partial charge is 0.497 e. The van der Waals surface area contributed by atoms with Crippen molar-refractivity contribution in [3.05, 3.63) is 42.3 Å². The molecule has 2 aromatic rings. The molecule has 1 aromatic carbocycles. The smallest absolute Gasteiger partial charge is 0.194 e. The van der Waals surface area contributed by atoms with Gasteiger partial charge in [-0.1, -0.05) is 5.16 Å². The third kappa shape index (κ3) is 5.49. The van der Waals surface area contributed by atoms with E-state index in [1.165, 1.54) is 0 Å². The van der Waals surface area contributed by atoms with Gasteiger partial charge >= 0.3 is 0 Å². The summed E-state index contributed by atoms with van der Waals surface area (Å²) in [6.45, 7) is 4.56. The van der Waals surface area contributed by atoms with Crippen LogP contribution in [0.15, 0.2) is 46.1 Å². The van der Waals surface area contributed by atoms with Crippen LogP contribution in [0.1, 0.15) is 12.6 Å². The van der Waals surface area contributed by atoms with E-state index in [1.54, 1.807) is 19.4 Å². The summed E-state index contributed by atoms with van der Waals surface area (Å²) in [5.41, 5.74) is 0.799. The van der Waals surface area contributed by atoms with Gasteiger partial charge in [-0.2, -0.15) is 0 Å². The second-order valence-electron chi connectivity index (χ2n) is 5.11. The Kier molecular flexibility index (Phi) is 6.94. The Bertz CT molecular complexity index is 611. The average molecular weight is 332 g/mol. The minimum absolute atomic E-state index is 0.475. The molecule has 0 aliphatic rings. The molecule has 24 heavy (non-hydrogen) atoms. The van der Waals surface area contributed by atoms with Gasteiger partial charge in [-0.05, 0) is 31.2 Å². The number of aliphatic imine (C=N–C) groups is 1. The van der Waals surface area contributed by atoms with Crippen molar-refractivity contribution in [3.8, 4) is 11.5 Å². The van der Waals surface area contributed by atoms with E-state index in [2.05, 4.69) is 15.5 Å². The SMILES string of the molecule is CCNC(=NCc1ccon1)N(C)CCOc1ccc(OC)cc1. The molecule has 0 spiro atoms. The van der Waals surface area contributed by atoms with Crippen molar-refractivity contribution in [1.82, 2.24) is 15.4 Å². The summed E-state index contributed by atoms with van der Waals surface area (Å²) in [6.07, 6.45) is 1.55. The summed E-state index contributed by atoms with van der Waals surface area (Å²) in [5, 5.41) is 7.11. The van der Waals surface area contributed by atoms with Crippen LogP contribution < -0.4 is 14.8 Å². The lowest BCUT2D eigenvalue weighted by Gasteiger charge is -2.22. The first-order chi connectivity index (χ1) is 11.7. The summed E-state index contributed by atoms with van der Waals surface area (Å²) in [6, 6.07) is 9.34. The Morgan fingerprint density at radius 3 is 2.62 bits per heavy atom. The van der Waals surface area contributed by atoms with Crippen molar-refractivity contribution in [1.29, 1.82) is 0 Å². The first kappa shape index (κ1) is 17.7. The number of ether oxygens (including phenoxy) is 2. The van der Waals surface area contributed by atoms with Crippen LogP contribution in [0.2, 0.25) is 0 Å². The summed E-state index contributed by atoms with van der Waals surface area (Å²) in [7, 11) is 3.62. The molecule has 1 N–H and O–H groups in total. The molecule has 1 heterocycles. The zero-order valence-corrected chi connectivity index (χ0v) is 14.4. The molecule has 130 valence electrons. The highest BCUT2D eigenvalue weighted by atomic mass is 16.5. The highest BCUT2D eigenvalue weighted by Crippen LogP contribution is 2.16. The normalized spacial score (nSPS) is 11.2. The summed E-state index contributed by atoms with van der Waals surface area (Å²) in [5.74, 6) is 2.43. The van der Waals surface area contributed by atoms with Crippen molar-refractivity contribution in [2.75, 3.05) is 33.9 Å². The molecule has 0 radical (unpaired) electrons. The molecular formula is C17H24N4O3. The molecule has 2 rings (SSSR count). The van der Waals surface area contributed by atoms with Crippen LogP contribution in [0.25, 0.3) is 0 Å². The number of likely N-dealkylation sites (N-methyl/N-ethyl adjacent to an activating group) is 1. The zero-order chi connectivity index (χ0) is 17.2. The second kappa shape index (κ2) is 9.44. The topological polar surface area (TPSA) is 72.1 Å². The number of hydrogen-bond acceptors (Lipinski definition) is 5. The standard InChI is InChI=1S/C17H24N4O3/c1-4-18-17(19-13-14-9-11-24-20-14)21(2)10-12-23-16-7-5-15(22-3)6-8-16/h5-9,11H,4,10,12-13H2,1-3H3,(H,18,19). The maximum absolute atomic E-state index is 5.75. The van der Waals surface area contributed by atoms with Gasteiger partial charge in [-0.3, -0.25) is 0 Å². The van der Waals surface area contributed by atoms with Crippen molar-refractivity contribution in [2.45, 2.75) is 13.5 Å². The lowest BCUT2D eigenvalue weighted by atomic mass is 10.3. The molecule has 7 nitrogen and oxygen atoms in total. The van der Waals surface area contributed by atoms with Crippen LogP contribution in [0.5, 0.6) is 11.5 Å². The maximum atomic E-state index is 5.75. The summed E-state index contributed by atoms with van der Waals surface area (Å²) in [4.78, 5) is 6.56. The van der Waals surface area contributed by atoms with Gasteiger partial charge in [0.2, 0.25) is 0 Å². The molecule has 1 aromatic heterocycles. The Balaban J connectivity index is 1.82. The van der Waals surface area contributed by atoms with Crippen LogP contribution in [0.4, 0.5) is 0 Å². The number of guanidine groups is 1. The fourth-order valence-electron chi connectivity index (χ4n) is 2.02. The summed E-state index contributed by atoms with van der Waals surface area (Å²) < 4.78 is 15.7. The predicted molar refractivity (Wildman–Crippen MR) is 92.4 cm³/mol. The van der Waals surface area contributed by atoms with Gasteiger partial charge in [-0.25, -0.2) is 4.99 Å². The van der Waals surface area contributed by atoms with Crippen LogP contribution in [0.3, 0.4) is 0 Å². The van der Waals surface area contributed by atoms with Crippen molar-refractivity contribution in [3.63, 3.8) is 0 Å². The molecule has 0 unspecified atom stereocenters. The highest BCUT2D eigenvalue weighted by Gasteiger charge is 2.06. The Morgan fingerprint density at radius 1 is 1.25 bits per heavy atom. The molecule has 0 fully saturated rings. The van der Waals surface area contributed by atoms with Gasteiger partial charge in [0.15, 0.2) is 5.96 Å². The number of benzene rings is 1. The van der Waals surface area contributed by atoms with Crippen LogP contribution in [-0.4, -0.2) is 49.9 Å². The fraction of sp³-hybridized carbons (Fsp3) is 0.412. The van der Waals surface area contributed by atoms with E-state index in [9.17, 15) is 0 Å². The third-order valence-electron chi connectivity index (χ3n) is 3.33. The molecule has 0 aliphatic carbocycles. The molecular weight excluding hydrogens is 308 g/mol. The van der Waals surface area contributed by atoms with Gasteiger partial charge in [0.1, 0.15) is 30.1 Å². The van der Waals surface area contributed by atoms with Crippen molar-refractivity contribution >= 4 is 5.96 Å². The van der Waals surface area contributed by atoms with Gasteiger partial charge in [0.05, 0.1) is 20.2 Å². The van der Waals surface area contributed by atoms with Gasteiger partial charge in [0.25, 0.3) is 0 Å². The minimum atomic E-state index is 0.475. The molecule has 0 atom stereocenters. The average Bonchev–Trinajstić information content (AvgIpc) is 3.12. The number of hydrogen-bond donors (Lipinski definition) is 1. The molecule has 0 saturated carbocycles. The highest BCUT2D eigenvalue weighted by molar-refractivity contribution is 5.79. The number of nitrogens with one attached hydrogen (secondary N) is 1. The molecule has 0 bridgehead atoms. The zero-order valence-electron chi connectivity index (χ0n) is 14.4. The molecule has 0 amide bonds. The van der Waals surface area contributed by atoms with Gasteiger partial charge < -0.3 is 24.2 Å². The molecule has 0 aliphatic heterocycles. The summed E-state index contributed by atoms with van der Waals surface area (Å²) >= 11 is 0. The van der Waals surface area contributed by atoms with Gasteiger partial charge in [0, 0.05) is 19.7 Å². The number of aromatic nitrogens is 1. The Labute approximate surface area is 142 Å². The van der Waals surface area contributed by atoms with E-state index in [4.69, 9.17) is 14.0 Å². The first-order valence-electron chi connectivity index (χ1n) is 7.88. The lowest BCUT2D eigenvalue weighted by molar-refractivity contribution is 0.281. The fourth-order valence-corrected chi connectivity index (χ4v) is 2.02. The quantitative estimate of drug-likeness (QED) is 0.590. The van der Waals surface area contributed by atoms with Crippen LogP contribution in [0, 0.1) is 0 Å². The van der Waals surface area contributed by atoms with E-state index < -0.39 is 0 Å². The van der Waals surface area contributed by atoms with E-state index in [1.807, 2.05) is 43.1 Å². The number of rotatable bonds is 8. The van der Waals surface area contributed by atoms with Crippen LogP contribution >= 0.6 is 0 Å². The van der Waals surface area contributed by atoms with Crippen molar-refractivity contribution < 1.29 is 14.0 Å². The lowest BCUT2D eigenvalue weighted by Crippen LogP contribution is -2.40. The Morgan fingerprint density at radius 2 is 2.00 bits per heavy atom. The maximum Gasteiger partial charge on any atom is 0.194 e. The number of methoxy groups -OCH3 is 1. The van der Waals surface area contributed by atoms with Crippen molar-refractivity contribution in [2.24, 2.45) is 4.99 Å². The van der Waals surface area contributed by atoms with E-state index in [0.717, 1.165) is 29.7 Å². The van der Waals surface area contributed by atoms with E-state index in [-0.39, 0.29) is 0 Å². The molecule has 7 heteroatoms. The predicted octanol–water partition coefficient (Wildman–Crippen LogP) is 2.16. The first-order valence-corrected chi connectivity index (χ1v) is 7.88. The van der Waals surface area contributed by atoms with Gasteiger partial charge in [-0.15, -0.1) is 0 Å². The monoisotopic (exact) mass is 332 g/mol. The van der Waals surface area contributed by atoms with Crippen LogP contribution in [-0.2, 0) is 6.54 Å². The molecule has 0 saturated heterocycles. The third-order valence-corrected chi connectivity index (χ3v) is 3.33. The second-order valence-corrected chi connectivity index (χ2v) is 5.11. The van der Waals surface area contributed by atoms with E-state index in [0.29, 0.717) is 19.7 Å². The van der Waals surface area contributed by atoms with E-state index >= 15 is 0 Å².